The first-order chi connectivity index (χ1) is 11.5. The van der Waals surface area contributed by atoms with E-state index in [1.807, 2.05) is 0 Å². The Labute approximate surface area is 141 Å². The molecule has 10 heteroatoms. The van der Waals surface area contributed by atoms with Gasteiger partial charge in [-0.2, -0.15) is 14.6 Å². The second-order valence-corrected chi connectivity index (χ2v) is 6.29. The molecule has 0 saturated heterocycles. The molecule has 1 aliphatic carbocycles. The van der Waals surface area contributed by atoms with Gasteiger partial charge in [0.1, 0.15) is 18.2 Å². The van der Waals surface area contributed by atoms with Crippen molar-refractivity contribution in [2.75, 3.05) is 6.54 Å². The van der Waals surface area contributed by atoms with Crippen LogP contribution < -0.4 is 5.32 Å². The van der Waals surface area contributed by atoms with Crippen LogP contribution in [0.2, 0.25) is 0 Å². The standard InChI is InChI=1S/C14H15ClFN5O3/c15-8-3-7(1-2-9(8)16)5-17-12(22)10-4-11(13(23)24)21-14(20-10)18-6-19-21/h4,6-9H,1-3,5H2,(H,17,22)(H,23,24). The molecule has 0 spiro atoms. The zero-order valence-electron chi connectivity index (χ0n) is 12.5. The van der Waals surface area contributed by atoms with Crippen molar-refractivity contribution in [3.8, 4) is 0 Å². The molecule has 0 aliphatic heterocycles. The number of carboxylic acids is 1. The van der Waals surface area contributed by atoms with Crippen LogP contribution in [0.15, 0.2) is 12.4 Å². The molecule has 0 radical (unpaired) electrons. The molecule has 8 nitrogen and oxygen atoms in total. The van der Waals surface area contributed by atoms with Crippen LogP contribution in [-0.4, -0.2) is 54.7 Å². The topological polar surface area (TPSA) is 109 Å². The number of carbonyl (C=O) groups is 2. The van der Waals surface area contributed by atoms with Gasteiger partial charge in [-0.25, -0.2) is 14.2 Å². The summed E-state index contributed by atoms with van der Waals surface area (Å²) in [7, 11) is 0. The Morgan fingerprint density at radius 3 is 2.96 bits per heavy atom. The monoisotopic (exact) mass is 355 g/mol. The number of hydrogen-bond acceptors (Lipinski definition) is 5. The van der Waals surface area contributed by atoms with Gasteiger partial charge >= 0.3 is 5.97 Å². The van der Waals surface area contributed by atoms with Crippen molar-refractivity contribution in [3.63, 3.8) is 0 Å². The van der Waals surface area contributed by atoms with Crippen LogP contribution in [0.5, 0.6) is 0 Å². The maximum atomic E-state index is 13.4. The average Bonchev–Trinajstić information content (AvgIpc) is 3.03. The van der Waals surface area contributed by atoms with E-state index in [1.54, 1.807) is 0 Å². The molecular formula is C14H15ClFN5O3. The molecular weight excluding hydrogens is 341 g/mol. The highest BCUT2D eigenvalue weighted by Gasteiger charge is 2.29. The van der Waals surface area contributed by atoms with E-state index in [9.17, 15) is 19.1 Å². The van der Waals surface area contributed by atoms with Crippen molar-refractivity contribution in [1.29, 1.82) is 0 Å². The summed E-state index contributed by atoms with van der Waals surface area (Å²) in [5, 5.41) is 15.1. The zero-order chi connectivity index (χ0) is 17.3. The van der Waals surface area contributed by atoms with Gasteiger partial charge in [0.25, 0.3) is 11.7 Å². The van der Waals surface area contributed by atoms with E-state index in [0.717, 1.165) is 16.9 Å². The number of aromatic nitrogens is 4. The maximum Gasteiger partial charge on any atom is 0.354 e. The fourth-order valence-corrected chi connectivity index (χ4v) is 3.13. The predicted molar refractivity (Wildman–Crippen MR) is 82.0 cm³/mol. The van der Waals surface area contributed by atoms with E-state index >= 15 is 0 Å². The average molecular weight is 356 g/mol. The normalized spacial score (nSPS) is 24.0. The van der Waals surface area contributed by atoms with Gasteiger partial charge in [-0.1, -0.05) is 0 Å². The van der Waals surface area contributed by atoms with Crippen molar-refractivity contribution >= 4 is 29.3 Å². The van der Waals surface area contributed by atoms with E-state index in [0.29, 0.717) is 25.8 Å². The molecule has 2 N–H and O–H groups in total. The van der Waals surface area contributed by atoms with E-state index in [-0.39, 0.29) is 23.1 Å². The van der Waals surface area contributed by atoms with Gasteiger partial charge in [-0.3, -0.25) is 4.79 Å². The van der Waals surface area contributed by atoms with E-state index in [4.69, 9.17) is 11.6 Å². The molecule has 24 heavy (non-hydrogen) atoms. The Hall–Kier alpha value is -2.29. The summed E-state index contributed by atoms with van der Waals surface area (Å²) in [5.41, 5.74) is -0.268. The van der Waals surface area contributed by atoms with Crippen LogP contribution in [0.25, 0.3) is 5.78 Å². The van der Waals surface area contributed by atoms with Gasteiger partial charge in [0.05, 0.1) is 5.38 Å². The van der Waals surface area contributed by atoms with Crippen molar-refractivity contribution < 1.29 is 19.1 Å². The molecule has 1 fully saturated rings. The van der Waals surface area contributed by atoms with Crippen LogP contribution in [0, 0.1) is 5.92 Å². The van der Waals surface area contributed by atoms with Gasteiger partial charge in [-0.05, 0) is 25.2 Å². The number of aromatic carboxylic acids is 1. The quantitative estimate of drug-likeness (QED) is 0.800. The van der Waals surface area contributed by atoms with Gasteiger partial charge in [0, 0.05) is 12.6 Å². The Morgan fingerprint density at radius 2 is 2.25 bits per heavy atom. The van der Waals surface area contributed by atoms with Gasteiger partial charge in [-0.15, -0.1) is 11.6 Å². The SMILES string of the molecule is O=C(NCC1CCC(F)C(Cl)C1)c1cc(C(=O)O)n2ncnc2n1. The summed E-state index contributed by atoms with van der Waals surface area (Å²) in [6, 6.07) is 1.14. The number of amides is 1. The fourth-order valence-electron chi connectivity index (χ4n) is 2.75. The zero-order valence-corrected chi connectivity index (χ0v) is 13.3. The predicted octanol–water partition coefficient (Wildman–Crippen LogP) is 1.30. The fraction of sp³-hybridized carbons (Fsp3) is 0.500. The maximum absolute atomic E-state index is 13.4. The molecule has 2 aromatic heterocycles. The van der Waals surface area contributed by atoms with Crippen molar-refractivity contribution in [3.05, 3.63) is 23.8 Å². The third kappa shape index (κ3) is 3.30. The summed E-state index contributed by atoms with van der Waals surface area (Å²) in [6.07, 6.45) is 1.66. The first-order valence-electron chi connectivity index (χ1n) is 7.46. The number of nitrogens with zero attached hydrogens (tertiary/aromatic N) is 4. The Balaban J connectivity index is 1.71. The highest BCUT2D eigenvalue weighted by atomic mass is 35.5. The molecule has 2 aromatic rings. The lowest BCUT2D eigenvalue weighted by Gasteiger charge is -2.28. The van der Waals surface area contributed by atoms with Crippen LogP contribution in [0.1, 0.15) is 40.2 Å². The minimum atomic E-state index is -1.24. The largest absolute Gasteiger partial charge is 0.477 e. The minimum absolute atomic E-state index is 0.0267. The van der Waals surface area contributed by atoms with Crippen molar-refractivity contribution in [2.24, 2.45) is 5.92 Å². The molecule has 0 bridgehead atoms. The lowest BCUT2D eigenvalue weighted by molar-refractivity contribution is 0.0687. The molecule has 2 heterocycles. The number of alkyl halides is 2. The summed E-state index contributed by atoms with van der Waals surface area (Å²) >= 11 is 5.92. The molecule has 1 aliphatic rings. The minimum Gasteiger partial charge on any atom is -0.477 e. The van der Waals surface area contributed by atoms with Crippen molar-refractivity contribution in [1.82, 2.24) is 24.9 Å². The van der Waals surface area contributed by atoms with E-state index < -0.39 is 23.4 Å². The first kappa shape index (κ1) is 16.6. The van der Waals surface area contributed by atoms with Crippen LogP contribution in [-0.2, 0) is 0 Å². The Morgan fingerprint density at radius 1 is 1.46 bits per heavy atom. The Bertz CT molecular complexity index is 783. The lowest BCUT2D eigenvalue weighted by atomic mass is 9.87. The number of hydrogen-bond donors (Lipinski definition) is 2. The first-order valence-corrected chi connectivity index (χ1v) is 7.89. The number of halogens is 2. The van der Waals surface area contributed by atoms with Gasteiger partial charge in [0.2, 0.25) is 0 Å². The third-order valence-corrected chi connectivity index (χ3v) is 4.51. The Kier molecular flexibility index (Phi) is 4.61. The second kappa shape index (κ2) is 6.68. The smallest absolute Gasteiger partial charge is 0.354 e. The summed E-state index contributed by atoms with van der Waals surface area (Å²) in [6.45, 7) is 0.330. The number of nitrogens with one attached hydrogen (secondary N) is 1. The summed E-state index contributed by atoms with van der Waals surface area (Å²) in [5.74, 6) is -1.65. The number of fused-ring (bicyclic) bond motifs is 1. The van der Waals surface area contributed by atoms with Crippen LogP contribution >= 0.6 is 11.6 Å². The summed E-state index contributed by atoms with van der Waals surface area (Å²) < 4.78 is 14.4. The summed E-state index contributed by atoms with van der Waals surface area (Å²) in [4.78, 5) is 31.3. The van der Waals surface area contributed by atoms with E-state index in [2.05, 4.69) is 20.4 Å². The van der Waals surface area contributed by atoms with Crippen LogP contribution in [0.4, 0.5) is 4.39 Å². The molecule has 1 amide bonds. The number of carbonyl (C=O) groups excluding carboxylic acids is 1. The number of carboxylic acid groups (broad SMARTS) is 1. The highest BCUT2D eigenvalue weighted by molar-refractivity contribution is 6.21. The van der Waals surface area contributed by atoms with Gasteiger partial charge < -0.3 is 10.4 Å². The second-order valence-electron chi connectivity index (χ2n) is 5.72. The molecule has 128 valence electrons. The lowest BCUT2D eigenvalue weighted by Crippen LogP contribution is -2.35. The molecule has 1 saturated carbocycles. The highest BCUT2D eigenvalue weighted by Crippen LogP contribution is 2.29. The molecule has 0 aromatic carbocycles. The molecule has 3 unspecified atom stereocenters. The van der Waals surface area contributed by atoms with Gasteiger partial charge in [0.15, 0.2) is 5.69 Å². The third-order valence-electron chi connectivity index (χ3n) is 4.06. The molecule has 3 atom stereocenters. The van der Waals surface area contributed by atoms with E-state index in [1.165, 1.54) is 0 Å². The van der Waals surface area contributed by atoms with Crippen molar-refractivity contribution in [2.45, 2.75) is 30.8 Å². The molecule has 3 rings (SSSR count). The van der Waals surface area contributed by atoms with Crippen LogP contribution in [0.3, 0.4) is 0 Å². The number of rotatable bonds is 4.